The molecule has 2 fully saturated rings. The van der Waals surface area contributed by atoms with Crippen molar-refractivity contribution in [1.82, 2.24) is 14.7 Å². The van der Waals surface area contributed by atoms with Crippen LogP contribution in [0.5, 0.6) is 0 Å². The van der Waals surface area contributed by atoms with Gasteiger partial charge in [0.15, 0.2) is 0 Å². The molecular weight excluding hydrogens is 338 g/mol. The molecule has 0 aromatic heterocycles. The molecule has 0 aliphatic carbocycles. The predicted octanol–water partition coefficient (Wildman–Crippen LogP) is 2.24. The van der Waals surface area contributed by atoms with Crippen LogP contribution in [0.15, 0.2) is 24.3 Å². The van der Waals surface area contributed by atoms with Crippen molar-refractivity contribution in [2.75, 3.05) is 26.7 Å². The van der Waals surface area contributed by atoms with Crippen LogP contribution in [0.1, 0.15) is 25.8 Å². The fraction of sp³-hybridized carbons (Fsp3) is 0.579. The van der Waals surface area contributed by atoms with Gasteiger partial charge in [-0.05, 0) is 30.0 Å². The molecule has 5 nitrogen and oxygen atoms in total. The molecule has 0 radical (unpaired) electrons. The minimum absolute atomic E-state index is 0.0565. The molecule has 2 aliphatic heterocycles. The van der Waals surface area contributed by atoms with E-state index in [2.05, 4.69) is 18.7 Å². The van der Waals surface area contributed by atoms with Crippen molar-refractivity contribution in [3.8, 4) is 0 Å². The Morgan fingerprint density at radius 3 is 2.64 bits per heavy atom. The Kier molecular flexibility index (Phi) is 5.35. The Morgan fingerprint density at radius 2 is 1.96 bits per heavy atom. The summed E-state index contributed by atoms with van der Waals surface area (Å²) >= 11 is 6.06. The number of likely N-dealkylation sites (N-methyl/N-ethyl adjacent to an activating group) is 1. The number of fused-ring (bicyclic) bond motifs is 1. The first-order valence-corrected chi connectivity index (χ1v) is 9.28. The van der Waals surface area contributed by atoms with Gasteiger partial charge in [0.2, 0.25) is 11.8 Å². The minimum atomic E-state index is -0.367. The van der Waals surface area contributed by atoms with Gasteiger partial charge in [0.25, 0.3) is 0 Å². The molecular formula is C19H26ClN3O2. The number of hydrogen-bond acceptors (Lipinski definition) is 3. The van der Waals surface area contributed by atoms with E-state index in [1.54, 1.807) is 16.8 Å². The zero-order valence-corrected chi connectivity index (χ0v) is 15.9. The zero-order valence-electron chi connectivity index (χ0n) is 15.1. The Bertz CT molecular complexity index is 664. The van der Waals surface area contributed by atoms with E-state index in [0.717, 1.165) is 30.1 Å². The predicted molar refractivity (Wildman–Crippen MR) is 98.2 cm³/mol. The van der Waals surface area contributed by atoms with Crippen LogP contribution in [-0.2, 0) is 16.1 Å². The lowest BCUT2D eigenvalue weighted by atomic mass is 9.95. The van der Waals surface area contributed by atoms with Gasteiger partial charge in [-0.15, -0.1) is 0 Å². The molecule has 2 atom stereocenters. The Balaban J connectivity index is 1.71. The van der Waals surface area contributed by atoms with E-state index < -0.39 is 0 Å². The molecule has 1 aromatic carbocycles. The maximum atomic E-state index is 12.9. The summed E-state index contributed by atoms with van der Waals surface area (Å²) in [6.07, 6.45) is 0.719. The summed E-state index contributed by atoms with van der Waals surface area (Å²) in [4.78, 5) is 31.4. The van der Waals surface area contributed by atoms with Crippen LogP contribution < -0.4 is 0 Å². The molecule has 0 bridgehead atoms. The maximum Gasteiger partial charge on any atom is 0.247 e. The first-order valence-electron chi connectivity index (χ1n) is 8.90. The number of benzene rings is 1. The number of nitrogens with zero attached hydrogens (tertiary/aromatic N) is 3. The van der Waals surface area contributed by atoms with E-state index in [1.807, 2.05) is 24.3 Å². The van der Waals surface area contributed by atoms with E-state index in [-0.39, 0.29) is 23.9 Å². The normalized spacial score (nSPS) is 24.8. The number of piperazine rings is 2. The highest BCUT2D eigenvalue weighted by atomic mass is 35.5. The second-order valence-corrected chi connectivity index (χ2v) is 7.94. The highest BCUT2D eigenvalue weighted by Gasteiger charge is 2.46. The third kappa shape index (κ3) is 3.82. The molecule has 2 saturated heterocycles. The number of carbonyl (C=O) groups excluding carboxylic acids is 2. The summed E-state index contributed by atoms with van der Waals surface area (Å²) in [7, 11) is 1.76. The van der Waals surface area contributed by atoms with Gasteiger partial charge in [-0.2, -0.15) is 0 Å². The van der Waals surface area contributed by atoms with Gasteiger partial charge in [0, 0.05) is 38.2 Å². The van der Waals surface area contributed by atoms with E-state index in [0.29, 0.717) is 19.0 Å². The van der Waals surface area contributed by atoms with Crippen molar-refractivity contribution < 1.29 is 9.59 Å². The zero-order chi connectivity index (χ0) is 18.1. The van der Waals surface area contributed by atoms with Gasteiger partial charge in [-0.25, -0.2) is 0 Å². The number of hydrogen-bond donors (Lipinski definition) is 0. The Labute approximate surface area is 154 Å². The molecule has 136 valence electrons. The maximum absolute atomic E-state index is 12.9. The van der Waals surface area contributed by atoms with Crippen LogP contribution in [0.25, 0.3) is 0 Å². The number of carbonyl (C=O) groups is 2. The van der Waals surface area contributed by atoms with E-state index >= 15 is 0 Å². The number of amides is 2. The summed E-state index contributed by atoms with van der Waals surface area (Å²) in [6.45, 7) is 6.88. The van der Waals surface area contributed by atoms with E-state index in [4.69, 9.17) is 11.6 Å². The smallest absolute Gasteiger partial charge is 0.247 e. The minimum Gasteiger partial charge on any atom is -0.332 e. The SMILES string of the molecule is CC(C)C[C@H]1C(=O)N2CCN(Cc3cccc(Cl)c3)C[C@@H]2C(=O)N1C. The second kappa shape index (κ2) is 7.34. The third-order valence-electron chi connectivity index (χ3n) is 5.12. The van der Waals surface area contributed by atoms with Crippen LogP contribution in [0.2, 0.25) is 5.02 Å². The average Bonchev–Trinajstić information content (AvgIpc) is 2.56. The fourth-order valence-electron chi connectivity index (χ4n) is 3.80. The van der Waals surface area contributed by atoms with Crippen molar-refractivity contribution in [3.05, 3.63) is 34.9 Å². The van der Waals surface area contributed by atoms with Crippen molar-refractivity contribution in [2.45, 2.75) is 38.9 Å². The van der Waals surface area contributed by atoms with Gasteiger partial charge in [0.05, 0.1) is 0 Å². The monoisotopic (exact) mass is 363 g/mol. The highest BCUT2D eigenvalue weighted by Crippen LogP contribution is 2.25. The first-order chi connectivity index (χ1) is 11.9. The highest BCUT2D eigenvalue weighted by molar-refractivity contribution is 6.30. The molecule has 25 heavy (non-hydrogen) atoms. The average molecular weight is 364 g/mol. The van der Waals surface area contributed by atoms with Gasteiger partial charge < -0.3 is 9.80 Å². The standard InChI is InChI=1S/C19H26ClN3O2/c1-13(2)9-16-19(25)23-8-7-22(12-17(23)18(24)21(16)3)11-14-5-4-6-15(20)10-14/h4-6,10,13,16-17H,7-9,11-12H2,1-3H3/t16-,17+/m0/s1. The van der Waals surface area contributed by atoms with Crippen LogP contribution in [0, 0.1) is 5.92 Å². The summed E-state index contributed by atoms with van der Waals surface area (Å²) < 4.78 is 0. The Hall–Kier alpha value is -1.59. The third-order valence-corrected chi connectivity index (χ3v) is 5.36. The molecule has 0 spiro atoms. The second-order valence-electron chi connectivity index (χ2n) is 7.51. The summed E-state index contributed by atoms with van der Waals surface area (Å²) in [6, 6.07) is 7.10. The largest absolute Gasteiger partial charge is 0.332 e. The van der Waals surface area contributed by atoms with Gasteiger partial charge >= 0.3 is 0 Å². The van der Waals surface area contributed by atoms with Gasteiger partial charge in [-0.1, -0.05) is 37.6 Å². The number of rotatable bonds is 4. The van der Waals surface area contributed by atoms with Crippen molar-refractivity contribution in [3.63, 3.8) is 0 Å². The van der Waals surface area contributed by atoms with Crippen molar-refractivity contribution >= 4 is 23.4 Å². The van der Waals surface area contributed by atoms with Crippen LogP contribution >= 0.6 is 11.6 Å². The van der Waals surface area contributed by atoms with Gasteiger partial charge in [-0.3, -0.25) is 14.5 Å². The molecule has 3 rings (SSSR count). The Morgan fingerprint density at radius 1 is 1.20 bits per heavy atom. The van der Waals surface area contributed by atoms with E-state index in [9.17, 15) is 9.59 Å². The lowest BCUT2D eigenvalue weighted by molar-refractivity contribution is -0.164. The molecule has 1 aromatic rings. The molecule has 6 heteroatoms. The molecule has 2 heterocycles. The van der Waals surface area contributed by atoms with Crippen molar-refractivity contribution in [2.24, 2.45) is 5.92 Å². The first kappa shape index (κ1) is 18.2. The fourth-order valence-corrected chi connectivity index (χ4v) is 4.02. The molecule has 0 N–H and O–H groups in total. The summed E-state index contributed by atoms with van der Waals surface area (Å²) in [5.41, 5.74) is 1.13. The van der Waals surface area contributed by atoms with Crippen molar-refractivity contribution in [1.29, 1.82) is 0 Å². The van der Waals surface area contributed by atoms with Gasteiger partial charge in [0.1, 0.15) is 12.1 Å². The lowest BCUT2D eigenvalue weighted by Crippen LogP contribution is -2.69. The van der Waals surface area contributed by atoms with Crippen LogP contribution in [0.4, 0.5) is 0 Å². The quantitative estimate of drug-likeness (QED) is 0.824. The lowest BCUT2D eigenvalue weighted by Gasteiger charge is -2.48. The number of halogens is 1. The van der Waals surface area contributed by atoms with E-state index in [1.165, 1.54) is 0 Å². The summed E-state index contributed by atoms with van der Waals surface area (Å²) in [5, 5.41) is 0.719. The topological polar surface area (TPSA) is 43.9 Å². The molecule has 0 saturated carbocycles. The van der Waals surface area contributed by atoms with Crippen LogP contribution in [0.3, 0.4) is 0 Å². The molecule has 2 aliphatic rings. The van der Waals surface area contributed by atoms with Crippen LogP contribution in [-0.4, -0.2) is 65.3 Å². The summed E-state index contributed by atoms with van der Waals surface area (Å²) in [5.74, 6) is 0.536. The molecule has 0 unspecified atom stereocenters. The molecule has 2 amide bonds.